The van der Waals surface area contributed by atoms with Crippen LogP contribution in [-0.4, -0.2) is 16.9 Å². The highest BCUT2D eigenvalue weighted by Crippen LogP contribution is 2.43. The van der Waals surface area contributed by atoms with Crippen LogP contribution < -0.4 is 10.6 Å². The number of carbonyl (C=O) groups excluding carboxylic acids is 2. The molecule has 2 heterocycles. The Morgan fingerprint density at radius 3 is 2.52 bits per heavy atom. The third-order valence-electron chi connectivity index (χ3n) is 3.75. The molecular weight excluding hydrogens is 286 g/mol. The molecule has 0 spiro atoms. The van der Waals surface area contributed by atoms with E-state index in [0.717, 1.165) is 16.0 Å². The van der Waals surface area contributed by atoms with Gasteiger partial charge in [-0.25, -0.2) is 9.78 Å². The first-order valence-electron chi connectivity index (χ1n) is 6.88. The van der Waals surface area contributed by atoms with Crippen molar-refractivity contribution < 1.29 is 9.59 Å². The van der Waals surface area contributed by atoms with E-state index in [1.807, 2.05) is 30.5 Å². The van der Waals surface area contributed by atoms with Gasteiger partial charge in [-0.15, -0.1) is 11.3 Å². The number of hydrogen-bond acceptors (Lipinski definition) is 4. The number of hydrogen-bond donors (Lipinski definition) is 2. The third-order valence-corrected chi connectivity index (χ3v) is 4.96. The number of carbonyl (C=O) groups is 2. The minimum Gasteiger partial charge on any atom is -0.322 e. The van der Waals surface area contributed by atoms with Gasteiger partial charge in [-0.1, -0.05) is 24.3 Å². The lowest BCUT2D eigenvalue weighted by Gasteiger charge is -2.07. The Bertz CT molecular complexity index is 719. The molecule has 0 radical (unpaired) electrons. The number of imide groups is 1. The number of urea groups is 1. The van der Waals surface area contributed by atoms with Gasteiger partial charge in [0, 0.05) is 12.1 Å². The van der Waals surface area contributed by atoms with Crippen LogP contribution in [0.2, 0.25) is 0 Å². The number of nitrogens with one attached hydrogen (secondary N) is 2. The lowest BCUT2D eigenvalue weighted by Crippen LogP contribution is -2.22. The van der Waals surface area contributed by atoms with Crippen molar-refractivity contribution in [3.8, 4) is 10.4 Å². The molecule has 1 atom stereocenters. The summed E-state index contributed by atoms with van der Waals surface area (Å²) in [6.07, 6.45) is 4.42. The molecule has 2 aromatic rings. The summed E-state index contributed by atoms with van der Waals surface area (Å²) in [4.78, 5) is 28.4. The molecule has 0 bridgehead atoms. The maximum atomic E-state index is 11.6. The molecule has 2 aliphatic rings. The zero-order valence-corrected chi connectivity index (χ0v) is 11.9. The van der Waals surface area contributed by atoms with Crippen molar-refractivity contribution in [3.05, 3.63) is 41.0 Å². The Morgan fingerprint density at radius 2 is 1.90 bits per heavy atom. The molecule has 4 rings (SSSR count). The van der Waals surface area contributed by atoms with Crippen LogP contribution in [-0.2, 0) is 4.79 Å². The van der Waals surface area contributed by atoms with Crippen LogP contribution in [0.1, 0.15) is 35.4 Å². The molecule has 106 valence electrons. The van der Waals surface area contributed by atoms with Gasteiger partial charge in [0.15, 0.2) is 0 Å². The highest BCUT2D eigenvalue weighted by molar-refractivity contribution is 7.15. The van der Waals surface area contributed by atoms with Crippen molar-refractivity contribution in [2.24, 2.45) is 0 Å². The zero-order chi connectivity index (χ0) is 14.4. The van der Waals surface area contributed by atoms with E-state index in [1.165, 1.54) is 17.8 Å². The van der Waals surface area contributed by atoms with E-state index in [-0.39, 0.29) is 5.91 Å². The van der Waals surface area contributed by atoms with Gasteiger partial charge in [-0.2, -0.15) is 0 Å². The predicted octanol–water partition coefficient (Wildman–Crippen LogP) is 2.57. The van der Waals surface area contributed by atoms with E-state index >= 15 is 0 Å². The van der Waals surface area contributed by atoms with Crippen LogP contribution in [0, 0.1) is 0 Å². The number of nitrogens with zero attached hydrogens (tertiary/aromatic N) is 1. The highest BCUT2D eigenvalue weighted by atomic mass is 32.1. The van der Waals surface area contributed by atoms with Crippen molar-refractivity contribution in [1.82, 2.24) is 15.6 Å². The van der Waals surface area contributed by atoms with Gasteiger partial charge < -0.3 is 5.32 Å². The second-order valence-corrected chi connectivity index (χ2v) is 6.42. The quantitative estimate of drug-likeness (QED) is 0.856. The Kier molecular flexibility index (Phi) is 2.78. The van der Waals surface area contributed by atoms with Gasteiger partial charge in [0.25, 0.3) is 5.91 Å². The van der Waals surface area contributed by atoms with Gasteiger partial charge in [0.1, 0.15) is 6.04 Å². The number of aromatic nitrogens is 1. The van der Waals surface area contributed by atoms with Crippen molar-refractivity contribution in [3.63, 3.8) is 0 Å². The lowest BCUT2D eigenvalue weighted by molar-refractivity contribution is -0.120. The summed E-state index contributed by atoms with van der Waals surface area (Å²) < 4.78 is 0. The van der Waals surface area contributed by atoms with Crippen LogP contribution in [0.4, 0.5) is 4.79 Å². The molecule has 1 saturated carbocycles. The van der Waals surface area contributed by atoms with Crippen molar-refractivity contribution in [2.75, 3.05) is 0 Å². The van der Waals surface area contributed by atoms with Crippen LogP contribution >= 0.6 is 11.3 Å². The fourth-order valence-electron chi connectivity index (χ4n) is 2.43. The number of amides is 3. The van der Waals surface area contributed by atoms with Crippen molar-refractivity contribution in [2.45, 2.75) is 24.8 Å². The Hall–Kier alpha value is -2.21. The Balaban J connectivity index is 1.57. The van der Waals surface area contributed by atoms with E-state index < -0.39 is 12.1 Å². The molecule has 6 heteroatoms. The monoisotopic (exact) mass is 299 g/mol. The standard InChI is InChI=1S/C15H13N3O2S/c19-13-12(17-15(20)18-13)9-3-1-8(2-4-9)11-7-16-14(21-11)10-5-6-10/h1-4,7,10,12H,5-6H2,(H2,17,18,19,20). The third kappa shape index (κ3) is 2.31. The van der Waals surface area contributed by atoms with E-state index in [0.29, 0.717) is 5.92 Å². The molecule has 3 amide bonds. The first-order chi connectivity index (χ1) is 10.2. The van der Waals surface area contributed by atoms with Crippen molar-refractivity contribution in [1.29, 1.82) is 0 Å². The molecule has 5 nitrogen and oxygen atoms in total. The zero-order valence-electron chi connectivity index (χ0n) is 11.1. The fraction of sp³-hybridized carbons (Fsp3) is 0.267. The Labute approximate surface area is 125 Å². The molecule has 1 aliphatic carbocycles. The molecule has 21 heavy (non-hydrogen) atoms. The number of thiazole rings is 1. The van der Waals surface area contributed by atoms with E-state index in [9.17, 15) is 9.59 Å². The Morgan fingerprint density at radius 1 is 1.14 bits per heavy atom. The van der Waals surface area contributed by atoms with Gasteiger partial charge >= 0.3 is 6.03 Å². The highest BCUT2D eigenvalue weighted by Gasteiger charge is 2.30. The van der Waals surface area contributed by atoms with Crippen LogP contribution in [0.5, 0.6) is 0 Å². The van der Waals surface area contributed by atoms with Gasteiger partial charge in [0.2, 0.25) is 0 Å². The molecule has 1 unspecified atom stereocenters. The molecule has 1 aliphatic heterocycles. The molecule has 1 saturated heterocycles. The van der Waals surface area contributed by atoms with Crippen LogP contribution in [0.25, 0.3) is 10.4 Å². The number of benzene rings is 1. The molecular formula is C15H13N3O2S. The van der Waals surface area contributed by atoms with Crippen LogP contribution in [0.15, 0.2) is 30.5 Å². The van der Waals surface area contributed by atoms with E-state index in [2.05, 4.69) is 15.6 Å². The minimum absolute atomic E-state index is 0.304. The average molecular weight is 299 g/mol. The average Bonchev–Trinajstić information content (AvgIpc) is 3.12. The molecule has 1 aromatic carbocycles. The fourth-order valence-corrected chi connectivity index (χ4v) is 3.52. The molecule has 1 aromatic heterocycles. The normalized spacial score (nSPS) is 21.2. The largest absolute Gasteiger partial charge is 0.322 e. The maximum absolute atomic E-state index is 11.6. The summed E-state index contributed by atoms with van der Waals surface area (Å²) in [5.41, 5.74) is 1.88. The first kappa shape index (κ1) is 12.5. The second-order valence-electron chi connectivity index (χ2n) is 5.35. The predicted molar refractivity (Wildman–Crippen MR) is 78.9 cm³/mol. The summed E-state index contributed by atoms with van der Waals surface area (Å²) in [5, 5.41) is 6.05. The maximum Gasteiger partial charge on any atom is 0.322 e. The number of rotatable bonds is 3. The summed E-state index contributed by atoms with van der Waals surface area (Å²) in [5.74, 6) is 0.363. The van der Waals surface area contributed by atoms with Gasteiger partial charge in [0.05, 0.1) is 9.88 Å². The second kappa shape index (κ2) is 4.66. The smallest absolute Gasteiger partial charge is 0.322 e. The topological polar surface area (TPSA) is 71.1 Å². The van der Waals surface area contributed by atoms with Gasteiger partial charge in [-0.3, -0.25) is 10.1 Å². The van der Waals surface area contributed by atoms with Gasteiger partial charge in [-0.05, 0) is 24.0 Å². The molecule has 2 N–H and O–H groups in total. The minimum atomic E-state index is -0.588. The van der Waals surface area contributed by atoms with E-state index in [1.54, 1.807) is 11.3 Å². The van der Waals surface area contributed by atoms with Crippen molar-refractivity contribution >= 4 is 23.3 Å². The van der Waals surface area contributed by atoms with Crippen LogP contribution in [0.3, 0.4) is 0 Å². The summed E-state index contributed by atoms with van der Waals surface area (Å²) in [6.45, 7) is 0. The summed E-state index contributed by atoms with van der Waals surface area (Å²) in [7, 11) is 0. The lowest BCUT2D eigenvalue weighted by atomic mass is 10.0. The SMILES string of the molecule is O=C1NC(=O)C(c2ccc(-c3cnc(C4CC4)s3)cc2)N1. The first-order valence-corrected chi connectivity index (χ1v) is 7.70. The summed E-state index contributed by atoms with van der Waals surface area (Å²) >= 11 is 1.74. The summed E-state index contributed by atoms with van der Waals surface area (Å²) in [6, 6.07) is 6.67. The molecule has 2 fully saturated rings. The van der Waals surface area contributed by atoms with E-state index in [4.69, 9.17) is 0 Å².